The summed E-state index contributed by atoms with van der Waals surface area (Å²) in [6, 6.07) is 20.9. The van der Waals surface area contributed by atoms with Crippen LogP contribution in [0.25, 0.3) is 0 Å². The molecule has 0 N–H and O–H groups in total. The van der Waals surface area contributed by atoms with E-state index < -0.39 is 0 Å². The molecule has 0 radical (unpaired) electrons. The lowest BCUT2D eigenvalue weighted by molar-refractivity contribution is 0.140. The van der Waals surface area contributed by atoms with Crippen LogP contribution in [-0.2, 0) is 17.6 Å². The van der Waals surface area contributed by atoms with Crippen molar-refractivity contribution in [1.29, 1.82) is 0 Å². The molecule has 2 aromatic carbocycles. The van der Waals surface area contributed by atoms with Crippen molar-refractivity contribution in [2.75, 3.05) is 13.2 Å². The highest BCUT2D eigenvalue weighted by atomic mass is 16.5. The molecule has 0 unspecified atom stereocenters. The van der Waals surface area contributed by atoms with E-state index in [4.69, 9.17) is 4.74 Å². The summed E-state index contributed by atoms with van der Waals surface area (Å²) >= 11 is 0. The van der Waals surface area contributed by atoms with Gasteiger partial charge in [-0.25, -0.2) is 0 Å². The highest BCUT2D eigenvalue weighted by Gasteiger charge is 1.94. The van der Waals surface area contributed by atoms with Crippen LogP contribution in [0.1, 0.15) is 11.1 Å². The lowest BCUT2D eigenvalue weighted by Gasteiger charge is -2.04. The Balaban J connectivity index is 1.61. The normalized spacial score (nSPS) is 10.4. The smallest absolute Gasteiger partial charge is 0.0506 e. The Morgan fingerprint density at radius 3 is 1.41 bits per heavy atom. The lowest BCUT2D eigenvalue weighted by atomic mass is 10.1. The predicted molar refractivity (Wildman–Crippen MR) is 71.1 cm³/mol. The lowest BCUT2D eigenvalue weighted by Crippen LogP contribution is -2.02. The number of hydrogen-bond donors (Lipinski definition) is 0. The standard InChI is InChI=1S/C16H18O/c1-3-7-15(8-4-1)11-13-17-14-12-16-9-5-2-6-10-16/h1-10H,11-14H2. The third-order valence-corrected chi connectivity index (χ3v) is 2.76. The van der Waals surface area contributed by atoms with Crippen LogP contribution in [0.4, 0.5) is 0 Å². The van der Waals surface area contributed by atoms with E-state index in [-0.39, 0.29) is 0 Å². The van der Waals surface area contributed by atoms with E-state index >= 15 is 0 Å². The highest BCUT2D eigenvalue weighted by molar-refractivity contribution is 5.15. The molecule has 0 atom stereocenters. The van der Waals surface area contributed by atoms with E-state index in [9.17, 15) is 0 Å². The van der Waals surface area contributed by atoms with Crippen LogP contribution < -0.4 is 0 Å². The van der Waals surface area contributed by atoms with Gasteiger partial charge in [0.2, 0.25) is 0 Å². The van der Waals surface area contributed by atoms with E-state index in [0.29, 0.717) is 0 Å². The summed E-state index contributed by atoms with van der Waals surface area (Å²) in [4.78, 5) is 0. The van der Waals surface area contributed by atoms with Crippen LogP contribution >= 0.6 is 0 Å². The molecule has 0 fully saturated rings. The number of hydrogen-bond acceptors (Lipinski definition) is 1. The second kappa shape index (κ2) is 6.87. The number of ether oxygens (including phenoxy) is 1. The van der Waals surface area contributed by atoms with Gasteiger partial charge < -0.3 is 4.74 Å². The Morgan fingerprint density at radius 2 is 1.00 bits per heavy atom. The van der Waals surface area contributed by atoms with Gasteiger partial charge in [-0.05, 0) is 24.0 Å². The molecule has 1 nitrogen and oxygen atoms in total. The van der Waals surface area contributed by atoms with E-state index in [1.54, 1.807) is 0 Å². The number of rotatable bonds is 6. The fourth-order valence-electron chi connectivity index (χ4n) is 1.77. The van der Waals surface area contributed by atoms with Crippen LogP contribution in [0.15, 0.2) is 60.7 Å². The van der Waals surface area contributed by atoms with Gasteiger partial charge in [0.05, 0.1) is 13.2 Å². The summed E-state index contributed by atoms with van der Waals surface area (Å²) in [5.41, 5.74) is 2.68. The van der Waals surface area contributed by atoms with Crippen molar-refractivity contribution in [1.82, 2.24) is 0 Å². The molecule has 0 aliphatic heterocycles. The van der Waals surface area contributed by atoms with Gasteiger partial charge in [0, 0.05) is 0 Å². The Kier molecular flexibility index (Phi) is 4.80. The van der Waals surface area contributed by atoms with Gasteiger partial charge in [-0.1, -0.05) is 60.7 Å². The third kappa shape index (κ3) is 4.41. The molecule has 0 bridgehead atoms. The average molecular weight is 226 g/mol. The molecule has 0 aliphatic rings. The summed E-state index contributed by atoms with van der Waals surface area (Å²) in [6.07, 6.45) is 1.99. The highest BCUT2D eigenvalue weighted by Crippen LogP contribution is 2.02. The fraction of sp³-hybridized carbons (Fsp3) is 0.250. The van der Waals surface area contributed by atoms with Crippen molar-refractivity contribution in [3.63, 3.8) is 0 Å². The Bertz CT molecular complexity index is 367. The zero-order chi connectivity index (χ0) is 11.8. The monoisotopic (exact) mass is 226 g/mol. The molecular formula is C16H18O. The molecule has 1 heteroatoms. The maximum absolute atomic E-state index is 5.64. The molecule has 0 amide bonds. The van der Waals surface area contributed by atoms with E-state index in [2.05, 4.69) is 48.5 Å². The van der Waals surface area contributed by atoms with Gasteiger partial charge in [0.25, 0.3) is 0 Å². The summed E-state index contributed by atoms with van der Waals surface area (Å²) < 4.78 is 5.64. The van der Waals surface area contributed by atoms with Crippen LogP contribution in [0.2, 0.25) is 0 Å². The molecule has 2 rings (SSSR count). The summed E-state index contributed by atoms with van der Waals surface area (Å²) in [5, 5.41) is 0. The molecule has 0 saturated carbocycles. The first-order valence-corrected chi connectivity index (χ1v) is 6.11. The second-order valence-corrected chi connectivity index (χ2v) is 4.08. The Morgan fingerprint density at radius 1 is 0.588 bits per heavy atom. The zero-order valence-electron chi connectivity index (χ0n) is 10.0. The molecule has 0 aromatic heterocycles. The molecule has 0 spiro atoms. The van der Waals surface area contributed by atoms with Crippen LogP contribution in [-0.4, -0.2) is 13.2 Å². The van der Waals surface area contributed by atoms with Gasteiger partial charge >= 0.3 is 0 Å². The van der Waals surface area contributed by atoms with Gasteiger partial charge in [-0.2, -0.15) is 0 Å². The molecule has 88 valence electrons. The molecular weight excluding hydrogens is 208 g/mol. The number of benzene rings is 2. The topological polar surface area (TPSA) is 9.23 Å². The summed E-state index contributed by atoms with van der Waals surface area (Å²) in [6.45, 7) is 1.60. The van der Waals surface area contributed by atoms with Crippen molar-refractivity contribution in [3.8, 4) is 0 Å². The Labute approximate surface area is 103 Å². The average Bonchev–Trinajstić information content (AvgIpc) is 2.41. The SMILES string of the molecule is c1ccc(CCOCCc2ccccc2)cc1. The van der Waals surface area contributed by atoms with Crippen LogP contribution in [0.5, 0.6) is 0 Å². The van der Waals surface area contributed by atoms with E-state index in [0.717, 1.165) is 26.1 Å². The van der Waals surface area contributed by atoms with Gasteiger partial charge in [-0.15, -0.1) is 0 Å². The largest absolute Gasteiger partial charge is 0.381 e. The summed E-state index contributed by atoms with van der Waals surface area (Å²) in [5.74, 6) is 0. The van der Waals surface area contributed by atoms with Crippen molar-refractivity contribution in [2.24, 2.45) is 0 Å². The van der Waals surface area contributed by atoms with Gasteiger partial charge in [0.1, 0.15) is 0 Å². The zero-order valence-corrected chi connectivity index (χ0v) is 10.0. The van der Waals surface area contributed by atoms with Crippen molar-refractivity contribution < 1.29 is 4.74 Å². The van der Waals surface area contributed by atoms with Crippen molar-refractivity contribution in [2.45, 2.75) is 12.8 Å². The third-order valence-electron chi connectivity index (χ3n) is 2.76. The molecule has 0 heterocycles. The van der Waals surface area contributed by atoms with Crippen molar-refractivity contribution >= 4 is 0 Å². The maximum atomic E-state index is 5.64. The van der Waals surface area contributed by atoms with E-state index in [1.807, 2.05) is 12.1 Å². The van der Waals surface area contributed by atoms with Crippen LogP contribution in [0, 0.1) is 0 Å². The quantitative estimate of drug-likeness (QED) is 0.685. The van der Waals surface area contributed by atoms with Crippen LogP contribution in [0.3, 0.4) is 0 Å². The van der Waals surface area contributed by atoms with Crippen molar-refractivity contribution in [3.05, 3.63) is 71.8 Å². The molecule has 0 aliphatic carbocycles. The van der Waals surface area contributed by atoms with E-state index in [1.165, 1.54) is 11.1 Å². The van der Waals surface area contributed by atoms with Gasteiger partial charge in [-0.3, -0.25) is 0 Å². The molecule has 17 heavy (non-hydrogen) atoms. The minimum Gasteiger partial charge on any atom is -0.381 e. The van der Waals surface area contributed by atoms with Gasteiger partial charge in [0.15, 0.2) is 0 Å². The fourth-order valence-corrected chi connectivity index (χ4v) is 1.77. The Hall–Kier alpha value is -1.60. The first-order chi connectivity index (χ1) is 8.45. The first kappa shape index (κ1) is 11.9. The molecule has 2 aromatic rings. The molecule has 0 saturated heterocycles. The predicted octanol–water partition coefficient (Wildman–Crippen LogP) is 3.49. The maximum Gasteiger partial charge on any atom is 0.0506 e. The summed E-state index contributed by atoms with van der Waals surface area (Å²) in [7, 11) is 0. The second-order valence-electron chi connectivity index (χ2n) is 4.08. The first-order valence-electron chi connectivity index (χ1n) is 6.11. The minimum atomic E-state index is 0.802. The minimum absolute atomic E-state index is 0.802.